The maximum atomic E-state index is 6.24. The van der Waals surface area contributed by atoms with E-state index in [4.69, 9.17) is 9.47 Å². The minimum atomic E-state index is -0.460. The summed E-state index contributed by atoms with van der Waals surface area (Å²) in [5.74, 6) is 2.65. The fourth-order valence-corrected chi connectivity index (χ4v) is 4.43. The van der Waals surface area contributed by atoms with Gasteiger partial charge in [0.05, 0.1) is 18.0 Å². The molecule has 3 N–H and O–H groups in total. The molecule has 218 valence electrons. The number of anilines is 3. The van der Waals surface area contributed by atoms with Gasteiger partial charge in [-0.1, -0.05) is 33.8 Å². The molecule has 0 amide bonds. The van der Waals surface area contributed by atoms with Gasteiger partial charge in [-0.3, -0.25) is 4.99 Å². The molecule has 0 radical (unpaired) electrons. The van der Waals surface area contributed by atoms with Crippen molar-refractivity contribution in [1.82, 2.24) is 15.3 Å². The summed E-state index contributed by atoms with van der Waals surface area (Å²) < 4.78 is 12.4. The van der Waals surface area contributed by atoms with Gasteiger partial charge in [-0.15, -0.1) is 0 Å². The maximum Gasteiger partial charge on any atom is 0.225 e. The van der Waals surface area contributed by atoms with E-state index in [2.05, 4.69) is 56.7 Å². The number of nitrogens with one attached hydrogen (secondary N) is 3. The van der Waals surface area contributed by atoms with Crippen LogP contribution in [0.15, 0.2) is 52.7 Å². The molecular weight excluding hydrogens is 514 g/mol. The van der Waals surface area contributed by atoms with Crippen LogP contribution < -0.4 is 20.7 Å². The van der Waals surface area contributed by atoms with Crippen LogP contribution in [-0.2, 0) is 4.74 Å². The lowest BCUT2D eigenvalue weighted by Crippen LogP contribution is -2.37. The van der Waals surface area contributed by atoms with Gasteiger partial charge in [0.25, 0.3) is 0 Å². The Balaban J connectivity index is 0.00000189. The number of benzene rings is 2. The number of hydrogen-bond acceptors (Lipinski definition) is 9. The third-order valence-electron chi connectivity index (χ3n) is 7.04. The first-order valence-electron chi connectivity index (χ1n) is 14.7. The molecule has 41 heavy (non-hydrogen) atoms. The lowest BCUT2D eigenvalue weighted by Gasteiger charge is -2.29. The van der Waals surface area contributed by atoms with E-state index in [0.29, 0.717) is 11.7 Å². The lowest BCUT2D eigenvalue weighted by molar-refractivity contribution is -0.00828. The molecule has 2 aliphatic rings. The summed E-state index contributed by atoms with van der Waals surface area (Å²) in [6, 6.07) is 12.0. The molecule has 0 bridgehead atoms. The SMILES string of the molecule is CC.CCC(C)C=Nc1cc(Oc2ccc(Nc3ncnc4c3NC(OC3CCNCC3)N=C4)cc2C)ccc1C. The van der Waals surface area contributed by atoms with E-state index in [-0.39, 0.29) is 6.10 Å². The maximum absolute atomic E-state index is 6.24. The summed E-state index contributed by atoms with van der Waals surface area (Å²) in [6.45, 7) is 14.3. The van der Waals surface area contributed by atoms with E-state index in [9.17, 15) is 0 Å². The highest BCUT2D eigenvalue weighted by atomic mass is 16.5. The van der Waals surface area contributed by atoms with Crippen molar-refractivity contribution in [2.24, 2.45) is 15.9 Å². The van der Waals surface area contributed by atoms with Gasteiger partial charge in [0.1, 0.15) is 29.2 Å². The Morgan fingerprint density at radius 2 is 1.88 bits per heavy atom. The number of aryl methyl sites for hydroxylation is 2. The van der Waals surface area contributed by atoms with E-state index in [1.165, 1.54) is 6.33 Å². The summed E-state index contributed by atoms with van der Waals surface area (Å²) >= 11 is 0. The topological polar surface area (TPSA) is 105 Å². The van der Waals surface area contributed by atoms with Crippen LogP contribution in [0.2, 0.25) is 0 Å². The van der Waals surface area contributed by atoms with Crippen molar-refractivity contribution in [3.05, 3.63) is 59.5 Å². The second-order valence-corrected chi connectivity index (χ2v) is 10.2. The molecule has 1 fully saturated rings. The van der Waals surface area contributed by atoms with E-state index in [1.54, 1.807) is 6.21 Å². The summed E-state index contributed by atoms with van der Waals surface area (Å²) in [5.41, 5.74) is 5.43. The summed E-state index contributed by atoms with van der Waals surface area (Å²) in [6.07, 6.45) is 8.01. The number of aromatic nitrogens is 2. The molecule has 3 heterocycles. The number of piperidine rings is 1. The lowest BCUT2D eigenvalue weighted by atomic mass is 10.1. The molecule has 0 aliphatic carbocycles. The average Bonchev–Trinajstić information content (AvgIpc) is 3.00. The van der Waals surface area contributed by atoms with Crippen molar-refractivity contribution in [3.63, 3.8) is 0 Å². The molecule has 5 rings (SSSR count). The molecule has 2 aliphatic heterocycles. The molecule has 1 aromatic heterocycles. The fourth-order valence-electron chi connectivity index (χ4n) is 4.43. The van der Waals surface area contributed by atoms with E-state index in [1.807, 2.05) is 63.4 Å². The van der Waals surface area contributed by atoms with Crippen molar-refractivity contribution in [1.29, 1.82) is 0 Å². The average molecular weight is 558 g/mol. The van der Waals surface area contributed by atoms with Crippen LogP contribution in [0.5, 0.6) is 11.5 Å². The summed E-state index contributed by atoms with van der Waals surface area (Å²) in [4.78, 5) is 18.0. The second kappa shape index (κ2) is 14.7. The van der Waals surface area contributed by atoms with Crippen LogP contribution in [-0.4, -0.2) is 47.9 Å². The van der Waals surface area contributed by atoms with Crippen LogP contribution in [0.3, 0.4) is 0 Å². The number of rotatable bonds is 9. The van der Waals surface area contributed by atoms with E-state index >= 15 is 0 Å². The first-order valence-corrected chi connectivity index (χ1v) is 14.7. The highest BCUT2D eigenvalue weighted by molar-refractivity contribution is 5.92. The molecule has 2 aromatic carbocycles. The zero-order valence-corrected chi connectivity index (χ0v) is 25.1. The Morgan fingerprint density at radius 1 is 1.07 bits per heavy atom. The third kappa shape index (κ3) is 8.11. The summed E-state index contributed by atoms with van der Waals surface area (Å²) in [5, 5.41) is 10.1. The molecule has 0 saturated carbocycles. The standard InChI is InChI=1S/C30H37N7O2.C2H6/c1-5-19(2)16-32-25-15-24(8-6-20(25)3)38-27-9-7-22(14-21(27)4)36-29-28-26(34-18-35-29)17-33-30(37-28)39-23-10-12-31-13-11-23;1-2/h6-9,14-19,23,30-31,37H,5,10-13H2,1-4H3,(H,34,35,36);1-2H3. The zero-order valence-electron chi connectivity index (χ0n) is 25.1. The van der Waals surface area contributed by atoms with E-state index in [0.717, 1.165) is 77.7 Å². The van der Waals surface area contributed by atoms with Gasteiger partial charge in [0.15, 0.2) is 5.82 Å². The van der Waals surface area contributed by atoms with Crippen LogP contribution in [0.1, 0.15) is 63.8 Å². The van der Waals surface area contributed by atoms with E-state index < -0.39 is 6.35 Å². The third-order valence-corrected chi connectivity index (χ3v) is 7.04. The highest BCUT2D eigenvalue weighted by Gasteiger charge is 2.23. The normalized spacial score (nSPS) is 17.3. The van der Waals surface area contributed by atoms with Crippen molar-refractivity contribution in [3.8, 4) is 11.5 Å². The zero-order chi connectivity index (χ0) is 29.2. The van der Waals surface area contributed by atoms with Crippen LogP contribution in [0.25, 0.3) is 0 Å². The Labute approximate surface area is 243 Å². The van der Waals surface area contributed by atoms with Gasteiger partial charge in [-0.2, -0.15) is 0 Å². The minimum Gasteiger partial charge on any atom is -0.457 e. The number of ether oxygens (including phenoxy) is 2. The first kappa shape index (κ1) is 30.1. The van der Waals surface area contributed by atoms with Gasteiger partial charge < -0.3 is 25.4 Å². The predicted octanol–water partition coefficient (Wildman–Crippen LogP) is 7.30. The predicted molar refractivity (Wildman–Crippen MR) is 169 cm³/mol. The molecular formula is C32H43N7O2. The van der Waals surface area contributed by atoms with Crippen LogP contribution in [0, 0.1) is 19.8 Å². The molecule has 1 saturated heterocycles. The molecule has 2 atom stereocenters. The molecule has 9 heteroatoms. The number of aliphatic imine (C=N–C) groups is 2. The monoisotopic (exact) mass is 557 g/mol. The van der Waals surface area contributed by atoms with Crippen LogP contribution in [0.4, 0.5) is 22.9 Å². The molecule has 3 aromatic rings. The quantitative estimate of drug-likeness (QED) is 0.237. The molecule has 9 nitrogen and oxygen atoms in total. The Kier molecular flexibility index (Phi) is 10.8. The Morgan fingerprint density at radius 3 is 2.63 bits per heavy atom. The first-order chi connectivity index (χ1) is 20.0. The smallest absolute Gasteiger partial charge is 0.225 e. The van der Waals surface area contributed by atoms with Gasteiger partial charge >= 0.3 is 0 Å². The number of hydrogen-bond donors (Lipinski definition) is 3. The van der Waals surface area contributed by atoms with Gasteiger partial charge in [-0.25, -0.2) is 15.0 Å². The Hall–Kier alpha value is -3.82. The summed E-state index contributed by atoms with van der Waals surface area (Å²) in [7, 11) is 0. The van der Waals surface area contributed by atoms with Gasteiger partial charge in [0, 0.05) is 18.0 Å². The van der Waals surface area contributed by atoms with Crippen LogP contribution >= 0.6 is 0 Å². The van der Waals surface area contributed by atoms with Crippen molar-refractivity contribution in [2.75, 3.05) is 23.7 Å². The van der Waals surface area contributed by atoms with Crippen molar-refractivity contribution < 1.29 is 9.47 Å². The minimum absolute atomic E-state index is 0.176. The largest absolute Gasteiger partial charge is 0.457 e. The second-order valence-electron chi connectivity index (χ2n) is 10.2. The number of fused-ring (bicyclic) bond motifs is 1. The van der Waals surface area contributed by atoms with Gasteiger partial charge in [0.2, 0.25) is 6.35 Å². The fraction of sp³-hybridized carbons (Fsp3) is 0.438. The van der Waals surface area contributed by atoms with Crippen molar-refractivity contribution in [2.45, 2.75) is 73.3 Å². The molecule has 0 spiro atoms. The highest BCUT2D eigenvalue weighted by Crippen LogP contribution is 2.33. The van der Waals surface area contributed by atoms with Crippen molar-refractivity contribution >= 4 is 35.3 Å². The van der Waals surface area contributed by atoms with Gasteiger partial charge in [-0.05, 0) is 87.5 Å². The Bertz CT molecular complexity index is 1350. The number of nitrogens with zero attached hydrogens (tertiary/aromatic N) is 4. The molecule has 2 unspecified atom stereocenters.